The number of aromatic nitrogens is 2. The van der Waals surface area contributed by atoms with Gasteiger partial charge in [-0.2, -0.15) is 5.10 Å². The summed E-state index contributed by atoms with van der Waals surface area (Å²) in [5.41, 5.74) is 2.65. The van der Waals surface area contributed by atoms with Crippen molar-refractivity contribution in [2.24, 2.45) is 17.3 Å². The summed E-state index contributed by atoms with van der Waals surface area (Å²) in [5, 5.41) is 6.52. The molecular formula is C14H20BrClN2. The van der Waals surface area contributed by atoms with Crippen molar-refractivity contribution in [1.29, 1.82) is 0 Å². The van der Waals surface area contributed by atoms with Gasteiger partial charge in [0, 0.05) is 11.9 Å². The van der Waals surface area contributed by atoms with E-state index < -0.39 is 0 Å². The largest absolute Gasteiger partial charge is 0.268 e. The van der Waals surface area contributed by atoms with Gasteiger partial charge >= 0.3 is 0 Å². The zero-order valence-corrected chi connectivity index (χ0v) is 13.4. The van der Waals surface area contributed by atoms with E-state index in [4.69, 9.17) is 11.6 Å². The molecule has 0 saturated heterocycles. The first-order valence-corrected chi connectivity index (χ1v) is 8.36. The van der Waals surface area contributed by atoms with Gasteiger partial charge in [-0.25, -0.2) is 0 Å². The van der Waals surface area contributed by atoms with Gasteiger partial charge in [0.25, 0.3) is 0 Å². The van der Waals surface area contributed by atoms with Crippen LogP contribution in [0.5, 0.6) is 0 Å². The van der Waals surface area contributed by atoms with E-state index in [1.54, 1.807) is 0 Å². The third-order valence-electron chi connectivity index (χ3n) is 4.74. The molecule has 0 N–H and O–H groups in total. The summed E-state index contributed by atoms with van der Waals surface area (Å²) < 4.78 is 2.09. The first kappa shape index (κ1) is 13.0. The Kier molecular flexibility index (Phi) is 3.26. The predicted octanol–water partition coefficient (Wildman–Crippen LogP) is 4.22. The van der Waals surface area contributed by atoms with E-state index in [1.165, 1.54) is 25.0 Å². The molecule has 4 heteroatoms. The Balaban J connectivity index is 1.87. The second-order valence-corrected chi connectivity index (χ2v) is 7.08. The van der Waals surface area contributed by atoms with E-state index in [9.17, 15) is 0 Å². The Morgan fingerprint density at radius 2 is 2.11 bits per heavy atom. The Hall–Kier alpha value is -0.0200. The molecule has 2 atom stereocenters. The first-order chi connectivity index (χ1) is 8.58. The highest BCUT2D eigenvalue weighted by atomic mass is 79.9. The highest BCUT2D eigenvalue weighted by Gasteiger charge is 2.53. The standard InChI is InChI=1S/C14H20BrClN2/c1-3-18-12(13(16)9(2)17-18)7-14(8-15)5-10-4-11(10)6-14/h10-11H,3-8H2,1-2H3. The molecule has 0 bridgehead atoms. The monoisotopic (exact) mass is 330 g/mol. The minimum Gasteiger partial charge on any atom is -0.268 e. The van der Waals surface area contributed by atoms with Crippen LogP contribution < -0.4 is 0 Å². The third-order valence-corrected chi connectivity index (χ3v) is 6.42. The third kappa shape index (κ3) is 2.03. The maximum atomic E-state index is 6.44. The minimum atomic E-state index is 0.427. The van der Waals surface area contributed by atoms with E-state index in [1.807, 2.05) is 6.92 Å². The molecule has 0 spiro atoms. The zero-order valence-electron chi connectivity index (χ0n) is 11.0. The van der Waals surface area contributed by atoms with Gasteiger partial charge in [0.05, 0.1) is 16.4 Å². The molecule has 18 heavy (non-hydrogen) atoms. The van der Waals surface area contributed by atoms with Crippen LogP contribution in [0.1, 0.15) is 37.6 Å². The fourth-order valence-electron chi connectivity index (χ4n) is 3.70. The quantitative estimate of drug-likeness (QED) is 0.755. The van der Waals surface area contributed by atoms with Gasteiger partial charge in [-0.05, 0) is 56.8 Å². The van der Waals surface area contributed by atoms with Crippen molar-refractivity contribution in [3.8, 4) is 0 Å². The molecule has 2 fully saturated rings. The number of hydrogen-bond acceptors (Lipinski definition) is 1. The Morgan fingerprint density at radius 3 is 2.67 bits per heavy atom. The number of alkyl halides is 1. The van der Waals surface area contributed by atoms with Crippen LogP contribution in [0.2, 0.25) is 5.02 Å². The fourth-order valence-corrected chi connectivity index (χ4v) is 4.56. The number of rotatable bonds is 4. The summed E-state index contributed by atoms with van der Waals surface area (Å²) in [6, 6.07) is 0. The maximum Gasteiger partial charge on any atom is 0.0847 e. The molecule has 1 heterocycles. The number of fused-ring (bicyclic) bond motifs is 1. The van der Waals surface area contributed by atoms with Gasteiger partial charge in [0.2, 0.25) is 0 Å². The predicted molar refractivity (Wildman–Crippen MR) is 78.4 cm³/mol. The molecule has 2 aliphatic rings. The lowest BCUT2D eigenvalue weighted by Crippen LogP contribution is -2.25. The molecule has 2 unspecified atom stereocenters. The lowest BCUT2D eigenvalue weighted by atomic mass is 9.80. The molecule has 2 nitrogen and oxygen atoms in total. The molecule has 0 aromatic carbocycles. The average Bonchev–Trinajstić information content (AvgIpc) is 2.90. The van der Waals surface area contributed by atoms with Gasteiger partial charge in [-0.3, -0.25) is 4.68 Å². The van der Waals surface area contributed by atoms with Crippen LogP contribution in [0.15, 0.2) is 0 Å². The van der Waals surface area contributed by atoms with Crippen LogP contribution >= 0.6 is 27.5 Å². The number of hydrogen-bond donors (Lipinski definition) is 0. The number of aryl methyl sites for hydroxylation is 2. The normalized spacial score (nSPS) is 33.8. The molecule has 1 aromatic heterocycles. The SMILES string of the molecule is CCn1nc(C)c(Cl)c1CC1(CBr)CC2CC2C1. The van der Waals surface area contributed by atoms with Gasteiger partial charge in [-0.15, -0.1) is 0 Å². The second-order valence-electron chi connectivity index (χ2n) is 6.14. The summed E-state index contributed by atoms with van der Waals surface area (Å²) in [6.07, 6.45) is 5.29. The van der Waals surface area contributed by atoms with Gasteiger partial charge in [0.15, 0.2) is 0 Å². The fraction of sp³-hybridized carbons (Fsp3) is 0.786. The maximum absolute atomic E-state index is 6.44. The number of nitrogens with zero attached hydrogens (tertiary/aromatic N) is 2. The van der Waals surface area contributed by atoms with E-state index in [0.29, 0.717) is 5.41 Å². The molecule has 2 saturated carbocycles. The van der Waals surface area contributed by atoms with Crippen LogP contribution in [-0.2, 0) is 13.0 Å². The van der Waals surface area contributed by atoms with Crippen molar-refractivity contribution in [2.45, 2.75) is 46.1 Å². The summed E-state index contributed by atoms with van der Waals surface area (Å²) in [6.45, 7) is 5.05. The molecule has 0 aliphatic heterocycles. The highest BCUT2D eigenvalue weighted by Crippen LogP contribution is 2.61. The van der Waals surface area contributed by atoms with Crippen molar-refractivity contribution in [2.75, 3.05) is 5.33 Å². The molecule has 0 amide bonds. The van der Waals surface area contributed by atoms with Crippen LogP contribution in [0, 0.1) is 24.2 Å². The van der Waals surface area contributed by atoms with Crippen molar-refractivity contribution in [3.63, 3.8) is 0 Å². The molecular weight excluding hydrogens is 312 g/mol. The van der Waals surface area contributed by atoms with E-state index in [-0.39, 0.29) is 0 Å². The van der Waals surface area contributed by atoms with Crippen LogP contribution in [0.4, 0.5) is 0 Å². The van der Waals surface area contributed by atoms with Gasteiger partial charge in [0.1, 0.15) is 0 Å². The summed E-state index contributed by atoms with van der Waals surface area (Å²) in [5.74, 6) is 2.00. The van der Waals surface area contributed by atoms with Crippen molar-refractivity contribution < 1.29 is 0 Å². The smallest absolute Gasteiger partial charge is 0.0847 e. The van der Waals surface area contributed by atoms with E-state index in [2.05, 4.69) is 32.6 Å². The minimum absolute atomic E-state index is 0.427. The molecule has 1 aromatic rings. The lowest BCUT2D eigenvalue weighted by molar-refractivity contribution is 0.299. The van der Waals surface area contributed by atoms with Crippen molar-refractivity contribution in [3.05, 3.63) is 16.4 Å². The molecule has 0 radical (unpaired) electrons. The lowest BCUT2D eigenvalue weighted by Gasteiger charge is -2.29. The van der Waals surface area contributed by atoms with Crippen LogP contribution in [0.25, 0.3) is 0 Å². The summed E-state index contributed by atoms with van der Waals surface area (Å²) >= 11 is 10.2. The highest BCUT2D eigenvalue weighted by molar-refractivity contribution is 9.09. The van der Waals surface area contributed by atoms with Crippen LogP contribution in [-0.4, -0.2) is 15.1 Å². The van der Waals surface area contributed by atoms with Gasteiger partial charge in [-0.1, -0.05) is 27.5 Å². The van der Waals surface area contributed by atoms with Crippen molar-refractivity contribution in [1.82, 2.24) is 9.78 Å². The van der Waals surface area contributed by atoms with Gasteiger partial charge < -0.3 is 0 Å². The Bertz CT molecular complexity index is 459. The topological polar surface area (TPSA) is 17.8 Å². The van der Waals surface area contributed by atoms with Crippen LogP contribution in [0.3, 0.4) is 0 Å². The summed E-state index contributed by atoms with van der Waals surface area (Å²) in [7, 11) is 0. The Labute approximate surface area is 122 Å². The molecule has 2 aliphatic carbocycles. The first-order valence-electron chi connectivity index (χ1n) is 6.86. The molecule has 3 rings (SSSR count). The second kappa shape index (κ2) is 4.52. The number of halogens is 2. The summed E-state index contributed by atoms with van der Waals surface area (Å²) in [4.78, 5) is 0. The molecule has 100 valence electrons. The van der Waals surface area contributed by atoms with Crippen molar-refractivity contribution >= 4 is 27.5 Å². The zero-order chi connectivity index (χ0) is 12.9. The van der Waals surface area contributed by atoms with E-state index in [0.717, 1.165) is 40.8 Å². The van der Waals surface area contributed by atoms with E-state index >= 15 is 0 Å². The Morgan fingerprint density at radius 1 is 1.44 bits per heavy atom. The average molecular weight is 332 g/mol.